The SMILES string of the molecule is Cc1ccc(S[C@H](C)C(=O)NCCN(C)c2ccccc2)cc1. The highest BCUT2D eigenvalue weighted by Gasteiger charge is 2.14. The number of rotatable bonds is 7. The summed E-state index contributed by atoms with van der Waals surface area (Å²) in [6.45, 7) is 5.44. The number of anilines is 1. The summed E-state index contributed by atoms with van der Waals surface area (Å²) in [5, 5.41) is 2.92. The van der Waals surface area contributed by atoms with Crippen LogP contribution in [0.2, 0.25) is 0 Å². The van der Waals surface area contributed by atoms with Gasteiger partial charge in [-0.1, -0.05) is 35.9 Å². The van der Waals surface area contributed by atoms with Crippen molar-refractivity contribution in [2.75, 3.05) is 25.0 Å². The molecule has 1 N–H and O–H groups in total. The fourth-order valence-corrected chi connectivity index (χ4v) is 3.07. The number of hydrogen-bond acceptors (Lipinski definition) is 3. The largest absolute Gasteiger partial charge is 0.373 e. The molecule has 2 aromatic rings. The van der Waals surface area contributed by atoms with Gasteiger partial charge >= 0.3 is 0 Å². The van der Waals surface area contributed by atoms with Gasteiger partial charge in [-0.25, -0.2) is 0 Å². The van der Waals surface area contributed by atoms with E-state index >= 15 is 0 Å². The van der Waals surface area contributed by atoms with Gasteiger partial charge < -0.3 is 10.2 Å². The van der Waals surface area contributed by atoms with Crippen LogP contribution in [0.1, 0.15) is 12.5 Å². The van der Waals surface area contributed by atoms with Gasteiger partial charge in [-0.2, -0.15) is 0 Å². The van der Waals surface area contributed by atoms with E-state index in [4.69, 9.17) is 0 Å². The lowest BCUT2D eigenvalue weighted by Gasteiger charge is -2.20. The molecular weight excluding hydrogens is 304 g/mol. The van der Waals surface area contributed by atoms with Crippen LogP contribution in [-0.4, -0.2) is 31.3 Å². The quantitative estimate of drug-likeness (QED) is 0.786. The summed E-state index contributed by atoms with van der Waals surface area (Å²) in [7, 11) is 2.03. The molecule has 0 spiro atoms. The Balaban J connectivity index is 1.74. The van der Waals surface area contributed by atoms with E-state index in [2.05, 4.69) is 53.5 Å². The molecule has 0 aromatic heterocycles. The second kappa shape index (κ2) is 8.63. The third kappa shape index (κ3) is 5.64. The van der Waals surface area contributed by atoms with Crippen LogP contribution in [-0.2, 0) is 4.79 Å². The van der Waals surface area contributed by atoms with Gasteiger partial charge in [0.1, 0.15) is 0 Å². The van der Waals surface area contributed by atoms with Crippen LogP contribution in [0.3, 0.4) is 0 Å². The molecule has 3 nitrogen and oxygen atoms in total. The highest BCUT2D eigenvalue weighted by atomic mass is 32.2. The first-order chi connectivity index (χ1) is 11.1. The van der Waals surface area contributed by atoms with Crippen LogP contribution in [0.25, 0.3) is 0 Å². The average molecular weight is 328 g/mol. The summed E-state index contributed by atoms with van der Waals surface area (Å²) >= 11 is 1.59. The van der Waals surface area contributed by atoms with Crippen molar-refractivity contribution in [3.05, 3.63) is 60.2 Å². The van der Waals surface area contributed by atoms with Crippen LogP contribution in [0.5, 0.6) is 0 Å². The van der Waals surface area contributed by atoms with Crippen LogP contribution in [0.15, 0.2) is 59.5 Å². The molecular formula is C19H24N2OS. The van der Waals surface area contributed by atoms with E-state index in [0.717, 1.165) is 17.1 Å². The Labute approximate surface area is 143 Å². The van der Waals surface area contributed by atoms with Crippen molar-refractivity contribution < 1.29 is 4.79 Å². The number of likely N-dealkylation sites (N-methyl/N-ethyl adjacent to an activating group) is 1. The van der Waals surface area contributed by atoms with E-state index < -0.39 is 0 Å². The molecule has 0 unspecified atom stereocenters. The maximum absolute atomic E-state index is 12.2. The highest BCUT2D eigenvalue weighted by molar-refractivity contribution is 8.00. The number of benzene rings is 2. The second-order valence-electron chi connectivity index (χ2n) is 5.62. The molecule has 0 heterocycles. The Morgan fingerprint density at radius 2 is 1.78 bits per heavy atom. The number of amides is 1. The van der Waals surface area contributed by atoms with E-state index in [1.807, 2.05) is 32.2 Å². The molecule has 2 aromatic carbocycles. The van der Waals surface area contributed by atoms with Crippen molar-refractivity contribution in [2.24, 2.45) is 0 Å². The molecule has 2 rings (SSSR count). The van der Waals surface area contributed by atoms with Crippen molar-refractivity contribution in [2.45, 2.75) is 24.0 Å². The minimum atomic E-state index is -0.0975. The monoisotopic (exact) mass is 328 g/mol. The van der Waals surface area contributed by atoms with E-state index in [9.17, 15) is 4.79 Å². The third-order valence-electron chi connectivity index (χ3n) is 3.65. The van der Waals surface area contributed by atoms with E-state index in [1.54, 1.807) is 11.8 Å². The number of nitrogens with one attached hydrogen (secondary N) is 1. The minimum Gasteiger partial charge on any atom is -0.373 e. The number of hydrogen-bond donors (Lipinski definition) is 1. The average Bonchev–Trinajstić information content (AvgIpc) is 2.57. The van der Waals surface area contributed by atoms with Gasteiger partial charge in [0, 0.05) is 30.7 Å². The van der Waals surface area contributed by atoms with E-state index in [1.165, 1.54) is 5.56 Å². The van der Waals surface area contributed by atoms with Crippen LogP contribution >= 0.6 is 11.8 Å². The molecule has 0 aliphatic carbocycles. The summed E-state index contributed by atoms with van der Waals surface area (Å²) in [5.74, 6) is 0.0806. The first kappa shape index (κ1) is 17.4. The molecule has 0 saturated heterocycles. The van der Waals surface area contributed by atoms with Crippen LogP contribution in [0.4, 0.5) is 5.69 Å². The Morgan fingerprint density at radius 1 is 1.13 bits per heavy atom. The molecule has 1 atom stereocenters. The van der Waals surface area contributed by atoms with Gasteiger partial charge in [-0.05, 0) is 38.1 Å². The Bertz CT molecular complexity index is 613. The molecule has 0 fully saturated rings. The number of carbonyl (C=O) groups excluding carboxylic acids is 1. The smallest absolute Gasteiger partial charge is 0.233 e. The fraction of sp³-hybridized carbons (Fsp3) is 0.316. The lowest BCUT2D eigenvalue weighted by Crippen LogP contribution is -2.36. The lowest BCUT2D eigenvalue weighted by atomic mass is 10.2. The summed E-state index contributed by atoms with van der Waals surface area (Å²) in [4.78, 5) is 15.4. The minimum absolute atomic E-state index is 0.0806. The Kier molecular flexibility index (Phi) is 6.53. The van der Waals surface area contributed by atoms with Crippen molar-refractivity contribution >= 4 is 23.4 Å². The molecule has 23 heavy (non-hydrogen) atoms. The predicted octanol–water partition coefficient (Wildman–Crippen LogP) is 3.73. The Morgan fingerprint density at radius 3 is 2.43 bits per heavy atom. The van der Waals surface area contributed by atoms with Crippen molar-refractivity contribution in [3.8, 4) is 0 Å². The zero-order chi connectivity index (χ0) is 16.7. The molecule has 0 bridgehead atoms. The standard InChI is InChI=1S/C19H24N2OS/c1-15-9-11-18(12-10-15)23-16(2)19(22)20-13-14-21(3)17-7-5-4-6-8-17/h4-12,16H,13-14H2,1-3H3,(H,20,22)/t16-/m1/s1. The predicted molar refractivity (Wildman–Crippen MR) is 99.2 cm³/mol. The van der Waals surface area contributed by atoms with E-state index in [-0.39, 0.29) is 11.2 Å². The molecule has 122 valence electrons. The number of para-hydroxylation sites is 1. The third-order valence-corrected chi connectivity index (χ3v) is 4.76. The molecule has 0 aliphatic rings. The maximum atomic E-state index is 12.2. The summed E-state index contributed by atoms with van der Waals surface area (Å²) in [6.07, 6.45) is 0. The molecule has 0 aliphatic heterocycles. The maximum Gasteiger partial charge on any atom is 0.233 e. The topological polar surface area (TPSA) is 32.3 Å². The van der Waals surface area contributed by atoms with Crippen molar-refractivity contribution in [1.82, 2.24) is 5.32 Å². The van der Waals surface area contributed by atoms with Crippen LogP contribution < -0.4 is 10.2 Å². The molecule has 0 radical (unpaired) electrons. The van der Waals surface area contributed by atoms with Gasteiger partial charge in [-0.3, -0.25) is 4.79 Å². The van der Waals surface area contributed by atoms with Gasteiger partial charge in [0.15, 0.2) is 0 Å². The summed E-state index contributed by atoms with van der Waals surface area (Å²) in [5.41, 5.74) is 2.39. The highest BCUT2D eigenvalue weighted by Crippen LogP contribution is 2.23. The van der Waals surface area contributed by atoms with Gasteiger partial charge in [0.05, 0.1) is 5.25 Å². The van der Waals surface area contributed by atoms with Crippen LogP contribution in [0, 0.1) is 6.92 Å². The fourth-order valence-electron chi connectivity index (χ4n) is 2.18. The van der Waals surface area contributed by atoms with Gasteiger partial charge in [-0.15, -0.1) is 11.8 Å². The summed E-state index contributed by atoms with van der Waals surface area (Å²) in [6, 6.07) is 18.4. The van der Waals surface area contributed by atoms with E-state index in [0.29, 0.717) is 6.54 Å². The molecule has 1 amide bonds. The van der Waals surface area contributed by atoms with Gasteiger partial charge in [0.2, 0.25) is 5.91 Å². The first-order valence-corrected chi connectivity index (χ1v) is 8.71. The second-order valence-corrected chi connectivity index (χ2v) is 7.04. The zero-order valence-corrected chi connectivity index (χ0v) is 14.8. The number of nitrogens with zero attached hydrogens (tertiary/aromatic N) is 1. The van der Waals surface area contributed by atoms with Gasteiger partial charge in [0.25, 0.3) is 0 Å². The molecule has 0 saturated carbocycles. The van der Waals surface area contributed by atoms with Crippen molar-refractivity contribution in [1.29, 1.82) is 0 Å². The lowest BCUT2D eigenvalue weighted by molar-refractivity contribution is -0.120. The first-order valence-electron chi connectivity index (χ1n) is 7.83. The number of aryl methyl sites for hydroxylation is 1. The number of carbonyl (C=O) groups is 1. The Hall–Kier alpha value is -1.94. The summed E-state index contributed by atoms with van der Waals surface area (Å²) < 4.78 is 0. The molecule has 4 heteroatoms. The van der Waals surface area contributed by atoms with Crippen molar-refractivity contribution in [3.63, 3.8) is 0 Å². The zero-order valence-electron chi connectivity index (χ0n) is 14.0. The normalized spacial score (nSPS) is 11.8. The number of thioether (sulfide) groups is 1.